The minimum Gasteiger partial charge on any atom is -0.320 e. The van der Waals surface area contributed by atoms with Crippen molar-refractivity contribution in [3.05, 3.63) is 58.1 Å². The van der Waals surface area contributed by atoms with Gasteiger partial charge in [-0.1, -0.05) is 22.9 Å². The van der Waals surface area contributed by atoms with Crippen molar-refractivity contribution in [3.8, 4) is 0 Å². The Hall–Kier alpha value is -2.58. The van der Waals surface area contributed by atoms with E-state index in [0.29, 0.717) is 15.7 Å². The third-order valence-electron chi connectivity index (χ3n) is 2.94. The van der Waals surface area contributed by atoms with Gasteiger partial charge in [0.05, 0.1) is 11.2 Å². The maximum atomic E-state index is 12.9. The Morgan fingerprint density at radius 1 is 1.29 bits per heavy atom. The molecule has 0 aliphatic rings. The predicted molar refractivity (Wildman–Crippen MR) is 91.2 cm³/mol. The van der Waals surface area contributed by atoms with Gasteiger partial charge >= 0.3 is 0 Å². The van der Waals surface area contributed by atoms with Gasteiger partial charge in [-0.2, -0.15) is 5.10 Å². The Morgan fingerprint density at radius 3 is 2.67 bits per heavy atom. The molecule has 1 N–H and O–H groups in total. The normalized spacial score (nSPS) is 11.5. The summed E-state index contributed by atoms with van der Waals surface area (Å²) in [5.41, 5.74) is 1.28. The highest BCUT2D eigenvalue weighted by atomic mass is 35.5. The van der Waals surface area contributed by atoms with E-state index in [2.05, 4.69) is 20.6 Å². The molecule has 0 spiro atoms. The molecular weight excluding hydrogens is 353 g/mol. The van der Waals surface area contributed by atoms with Crippen molar-refractivity contribution < 1.29 is 9.18 Å². The highest BCUT2D eigenvalue weighted by Gasteiger charge is 2.15. The highest BCUT2D eigenvalue weighted by molar-refractivity contribution is 7.15. The summed E-state index contributed by atoms with van der Waals surface area (Å²) < 4.78 is 14.5. The molecule has 122 valence electrons. The Labute approximate surface area is 145 Å². The third kappa shape index (κ3) is 3.84. The van der Waals surface area contributed by atoms with Crippen LogP contribution < -0.4 is 5.32 Å². The fourth-order valence-electron chi connectivity index (χ4n) is 1.85. The topological polar surface area (TPSA) is 72.7 Å². The average molecular weight is 364 g/mol. The number of aryl methyl sites for hydroxylation is 1. The molecule has 6 nitrogen and oxygen atoms in total. The lowest BCUT2D eigenvalue weighted by Crippen LogP contribution is -2.11. The summed E-state index contributed by atoms with van der Waals surface area (Å²) in [4.78, 5) is 12.1. The Kier molecular flexibility index (Phi) is 4.68. The van der Waals surface area contributed by atoms with Gasteiger partial charge in [0.15, 0.2) is 5.01 Å². The molecule has 2 aromatic heterocycles. The van der Waals surface area contributed by atoms with Crippen LogP contribution in [0.25, 0.3) is 11.1 Å². The van der Waals surface area contributed by atoms with Crippen LogP contribution in [-0.2, 0) is 7.05 Å². The number of amides is 1. The molecule has 0 aliphatic carbocycles. The second-order valence-corrected chi connectivity index (χ2v) is 6.20. The monoisotopic (exact) mass is 363 g/mol. The van der Waals surface area contributed by atoms with E-state index in [0.717, 1.165) is 16.9 Å². The van der Waals surface area contributed by atoms with Gasteiger partial charge in [0.1, 0.15) is 5.82 Å². The molecular formula is C15H11ClFN5OS. The summed E-state index contributed by atoms with van der Waals surface area (Å²) in [5.74, 6) is -0.810. The summed E-state index contributed by atoms with van der Waals surface area (Å²) in [5, 5.41) is 15.3. The molecule has 0 bridgehead atoms. The number of benzene rings is 1. The van der Waals surface area contributed by atoms with Crippen LogP contribution in [0.2, 0.25) is 0 Å². The van der Waals surface area contributed by atoms with Gasteiger partial charge in [-0.3, -0.25) is 9.48 Å². The zero-order chi connectivity index (χ0) is 17.1. The summed E-state index contributed by atoms with van der Waals surface area (Å²) in [6.45, 7) is 0. The van der Waals surface area contributed by atoms with Crippen LogP contribution in [0, 0.1) is 5.82 Å². The fourth-order valence-corrected chi connectivity index (χ4v) is 2.78. The van der Waals surface area contributed by atoms with Gasteiger partial charge in [-0.25, -0.2) is 4.39 Å². The van der Waals surface area contributed by atoms with E-state index in [1.165, 1.54) is 24.3 Å². The molecule has 1 aromatic carbocycles. The number of carbonyl (C=O) groups excluding carboxylic acids is 1. The number of carbonyl (C=O) groups is 1. The lowest BCUT2D eigenvalue weighted by molar-refractivity contribution is 0.102. The summed E-state index contributed by atoms with van der Waals surface area (Å²) in [6, 6.07) is 5.44. The zero-order valence-corrected chi connectivity index (χ0v) is 14.0. The fraction of sp³-hybridized carbons (Fsp3) is 0.0667. The maximum absolute atomic E-state index is 12.9. The van der Waals surface area contributed by atoms with Crippen LogP contribution in [-0.4, -0.2) is 25.9 Å². The van der Waals surface area contributed by atoms with E-state index >= 15 is 0 Å². The standard InChI is InChI=1S/C15H11ClFN5OS/c1-22-8-9(7-18-22)6-12(16)14-20-21-15(24-14)13(23)19-11-4-2-10(17)3-5-11/h2-8H,1H3,(H,19,23)/b12-6-. The van der Waals surface area contributed by atoms with Crippen LogP contribution >= 0.6 is 22.9 Å². The van der Waals surface area contributed by atoms with Crippen LogP contribution in [0.5, 0.6) is 0 Å². The Balaban J connectivity index is 1.73. The molecule has 0 unspecified atom stereocenters. The minimum atomic E-state index is -0.434. The number of rotatable bonds is 4. The van der Waals surface area contributed by atoms with Crippen LogP contribution in [0.1, 0.15) is 20.4 Å². The Bertz CT molecular complexity index is 903. The predicted octanol–water partition coefficient (Wildman–Crippen LogP) is 3.40. The molecule has 3 aromatic rings. The van der Waals surface area contributed by atoms with Crippen molar-refractivity contribution in [3.63, 3.8) is 0 Å². The van der Waals surface area contributed by atoms with E-state index < -0.39 is 5.91 Å². The van der Waals surface area contributed by atoms with Gasteiger partial charge in [-0.15, -0.1) is 10.2 Å². The zero-order valence-electron chi connectivity index (χ0n) is 12.4. The number of nitrogens with one attached hydrogen (secondary N) is 1. The molecule has 24 heavy (non-hydrogen) atoms. The first-order valence-corrected chi connectivity index (χ1v) is 7.97. The second-order valence-electron chi connectivity index (χ2n) is 4.81. The number of anilines is 1. The first-order valence-electron chi connectivity index (χ1n) is 6.78. The Morgan fingerprint density at radius 2 is 2.00 bits per heavy atom. The van der Waals surface area contributed by atoms with Crippen LogP contribution in [0.4, 0.5) is 10.1 Å². The van der Waals surface area contributed by atoms with E-state index in [1.807, 2.05) is 0 Å². The van der Waals surface area contributed by atoms with E-state index in [4.69, 9.17) is 11.6 Å². The average Bonchev–Trinajstić information content (AvgIpc) is 3.19. The number of hydrogen-bond acceptors (Lipinski definition) is 5. The lowest BCUT2D eigenvalue weighted by Gasteiger charge is -2.01. The second kappa shape index (κ2) is 6.90. The molecule has 9 heteroatoms. The summed E-state index contributed by atoms with van der Waals surface area (Å²) in [6.07, 6.45) is 5.15. The van der Waals surface area contributed by atoms with Gasteiger partial charge in [0.2, 0.25) is 5.01 Å². The SMILES string of the molecule is Cn1cc(/C=C(\Cl)c2nnc(C(=O)Nc3ccc(F)cc3)s2)cn1. The molecule has 0 saturated heterocycles. The maximum Gasteiger partial charge on any atom is 0.286 e. The molecule has 1 amide bonds. The molecule has 0 aliphatic heterocycles. The molecule has 3 rings (SSSR count). The van der Waals surface area contributed by atoms with Crippen molar-refractivity contribution >= 4 is 45.6 Å². The van der Waals surface area contributed by atoms with Gasteiger partial charge in [0, 0.05) is 24.5 Å². The molecule has 0 saturated carbocycles. The van der Waals surface area contributed by atoms with Crippen molar-refractivity contribution in [2.24, 2.45) is 7.05 Å². The van der Waals surface area contributed by atoms with Gasteiger partial charge < -0.3 is 5.32 Å². The van der Waals surface area contributed by atoms with E-state index in [9.17, 15) is 9.18 Å². The van der Waals surface area contributed by atoms with Gasteiger partial charge in [0.25, 0.3) is 5.91 Å². The first-order chi connectivity index (χ1) is 11.5. The smallest absolute Gasteiger partial charge is 0.286 e. The van der Waals surface area contributed by atoms with E-state index in [1.54, 1.807) is 30.2 Å². The largest absolute Gasteiger partial charge is 0.320 e. The van der Waals surface area contributed by atoms with Crippen molar-refractivity contribution in [1.29, 1.82) is 0 Å². The highest BCUT2D eigenvalue weighted by Crippen LogP contribution is 2.25. The van der Waals surface area contributed by atoms with E-state index in [-0.39, 0.29) is 10.8 Å². The molecule has 2 heterocycles. The molecule has 0 atom stereocenters. The summed E-state index contributed by atoms with van der Waals surface area (Å²) >= 11 is 7.27. The summed E-state index contributed by atoms with van der Waals surface area (Å²) in [7, 11) is 1.80. The third-order valence-corrected chi connectivity index (χ3v) is 4.30. The van der Waals surface area contributed by atoms with Gasteiger partial charge in [-0.05, 0) is 30.3 Å². The lowest BCUT2D eigenvalue weighted by atomic mass is 10.3. The van der Waals surface area contributed by atoms with Crippen molar-refractivity contribution in [1.82, 2.24) is 20.0 Å². The van der Waals surface area contributed by atoms with Crippen LogP contribution in [0.15, 0.2) is 36.7 Å². The minimum absolute atomic E-state index is 0.159. The molecule has 0 radical (unpaired) electrons. The van der Waals surface area contributed by atoms with Crippen LogP contribution in [0.3, 0.4) is 0 Å². The van der Waals surface area contributed by atoms with Crippen molar-refractivity contribution in [2.75, 3.05) is 5.32 Å². The molecule has 0 fully saturated rings. The number of aromatic nitrogens is 4. The van der Waals surface area contributed by atoms with Crippen molar-refractivity contribution in [2.45, 2.75) is 0 Å². The first kappa shape index (κ1) is 16.3. The number of halogens is 2. The quantitative estimate of drug-likeness (QED) is 0.771. The number of nitrogens with zero attached hydrogens (tertiary/aromatic N) is 4. The number of hydrogen-bond donors (Lipinski definition) is 1.